The number of hydrogen-bond acceptors (Lipinski definition) is 5. The summed E-state index contributed by atoms with van der Waals surface area (Å²) in [5.41, 5.74) is 1.85. The van der Waals surface area contributed by atoms with Crippen LogP contribution in [0.4, 0.5) is 0 Å². The summed E-state index contributed by atoms with van der Waals surface area (Å²) in [7, 11) is 1.61. The van der Waals surface area contributed by atoms with Crippen LogP contribution in [-0.4, -0.2) is 46.8 Å². The van der Waals surface area contributed by atoms with Crippen molar-refractivity contribution in [3.8, 4) is 5.75 Å². The maximum Gasteiger partial charge on any atom is 0.278 e. The first-order valence-corrected chi connectivity index (χ1v) is 10.7. The van der Waals surface area contributed by atoms with Gasteiger partial charge in [-0.3, -0.25) is 14.2 Å². The second kappa shape index (κ2) is 9.01. The third kappa shape index (κ3) is 4.27. The molecule has 1 aliphatic heterocycles. The van der Waals surface area contributed by atoms with Crippen LogP contribution in [0.1, 0.15) is 32.1 Å². The van der Waals surface area contributed by atoms with E-state index in [1.165, 1.54) is 0 Å². The monoisotopic (exact) mass is 430 g/mol. The summed E-state index contributed by atoms with van der Waals surface area (Å²) in [4.78, 5) is 31.3. The smallest absolute Gasteiger partial charge is 0.278 e. The summed E-state index contributed by atoms with van der Waals surface area (Å²) >= 11 is 5.43. The van der Waals surface area contributed by atoms with Crippen LogP contribution in [0.2, 0.25) is 0 Å². The molecule has 3 N–H and O–H groups in total. The van der Waals surface area contributed by atoms with Gasteiger partial charge in [0.05, 0.1) is 18.7 Å². The molecule has 4 rings (SSSR count). The number of H-pyrrole nitrogens is 2. The van der Waals surface area contributed by atoms with Crippen LogP contribution in [0.25, 0.3) is 21.9 Å². The predicted molar refractivity (Wildman–Crippen MR) is 118 cm³/mol. The number of nitrogens with one attached hydrogen (secondary N) is 3. The summed E-state index contributed by atoms with van der Waals surface area (Å²) in [6, 6.07) is 5.59. The normalized spacial score (nSPS) is 16.4. The van der Waals surface area contributed by atoms with Crippen molar-refractivity contribution in [2.24, 2.45) is 0 Å². The Morgan fingerprint density at radius 2 is 2.20 bits per heavy atom. The summed E-state index contributed by atoms with van der Waals surface area (Å²) < 4.78 is 12.7. The summed E-state index contributed by atoms with van der Waals surface area (Å²) in [5, 5.41) is 3.78. The zero-order valence-corrected chi connectivity index (χ0v) is 17.8. The second-order valence-corrected chi connectivity index (χ2v) is 7.96. The number of ether oxygens (including phenoxy) is 2. The fourth-order valence-electron chi connectivity index (χ4n) is 3.87. The van der Waals surface area contributed by atoms with Crippen molar-refractivity contribution >= 4 is 40.1 Å². The van der Waals surface area contributed by atoms with Gasteiger partial charge in [-0.15, -0.1) is 0 Å². The third-order valence-electron chi connectivity index (χ3n) is 5.53. The van der Waals surface area contributed by atoms with Crippen molar-refractivity contribution in [1.29, 1.82) is 0 Å². The molecule has 0 aliphatic carbocycles. The van der Waals surface area contributed by atoms with Crippen molar-refractivity contribution < 1.29 is 14.3 Å². The Morgan fingerprint density at radius 1 is 1.33 bits per heavy atom. The molecule has 0 bridgehead atoms. The van der Waals surface area contributed by atoms with Gasteiger partial charge >= 0.3 is 0 Å². The highest BCUT2D eigenvalue weighted by atomic mass is 32.1. The van der Waals surface area contributed by atoms with Gasteiger partial charge in [0.2, 0.25) is 5.91 Å². The lowest BCUT2D eigenvalue weighted by atomic mass is 10.2. The van der Waals surface area contributed by atoms with Crippen molar-refractivity contribution in [3.05, 3.63) is 33.3 Å². The van der Waals surface area contributed by atoms with Gasteiger partial charge in [-0.25, -0.2) is 0 Å². The quantitative estimate of drug-likeness (QED) is 0.377. The SMILES string of the molecule is COc1ccc2[nH]c3c(=O)n(CCCCC(=O)NCC4CCCO4)c(=S)[nH]c3c2c1. The van der Waals surface area contributed by atoms with Crippen LogP contribution in [0.3, 0.4) is 0 Å². The molecule has 8 nitrogen and oxygen atoms in total. The lowest BCUT2D eigenvalue weighted by Gasteiger charge is -2.11. The van der Waals surface area contributed by atoms with Gasteiger partial charge in [-0.05, 0) is 56.1 Å². The molecule has 9 heteroatoms. The standard InChI is InChI=1S/C21H26N4O4S/c1-28-13-7-8-16-15(11-13)18-19(23-16)20(27)25(21(30)24-18)9-3-2-6-17(26)22-12-14-5-4-10-29-14/h7-8,11,14,23H,2-6,9-10,12H2,1H3,(H,22,26)(H,24,30). The molecule has 30 heavy (non-hydrogen) atoms. The molecule has 3 heterocycles. The van der Waals surface area contributed by atoms with E-state index in [-0.39, 0.29) is 17.6 Å². The molecule has 2 aromatic heterocycles. The van der Waals surface area contributed by atoms with Crippen LogP contribution in [0.15, 0.2) is 23.0 Å². The number of methoxy groups -OCH3 is 1. The highest BCUT2D eigenvalue weighted by molar-refractivity contribution is 7.71. The number of carbonyl (C=O) groups excluding carboxylic acids is 1. The van der Waals surface area contributed by atoms with E-state index >= 15 is 0 Å². The van der Waals surface area contributed by atoms with Gasteiger partial charge in [0.15, 0.2) is 4.77 Å². The lowest BCUT2D eigenvalue weighted by molar-refractivity contribution is -0.121. The average molecular weight is 431 g/mol. The minimum atomic E-state index is -0.160. The molecule has 1 aliphatic rings. The molecule has 0 radical (unpaired) electrons. The van der Waals surface area contributed by atoms with Crippen molar-refractivity contribution in [3.63, 3.8) is 0 Å². The molecular formula is C21H26N4O4S. The predicted octanol–water partition coefficient (Wildman–Crippen LogP) is 3.01. The Labute approximate surface area is 178 Å². The Kier molecular flexibility index (Phi) is 6.19. The first kappa shape index (κ1) is 20.6. The van der Waals surface area contributed by atoms with E-state index in [4.69, 9.17) is 21.7 Å². The summed E-state index contributed by atoms with van der Waals surface area (Å²) in [6.07, 6.45) is 4.00. The lowest BCUT2D eigenvalue weighted by Crippen LogP contribution is -2.31. The Balaban J connectivity index is 1.40. The van der Waals surface area contributed by atoms with Gasteiger partial charge in [-0.1, -0.05) is 0 Å². The van der Waals surface area contributed by atoms with Crippen LogP contribution < -0.4 is 15.6 Å². The summed E-state index contributed by atoms with van der Waals surface area (Å²) in [5.74, 6) is 0.729. The van der Waals surface area contributed by atoms with E-state index in [2.05, 4.69) is 15.3 Å². The van der Waals surface area contributed by atoms with E-state index in [9.17, 15) is 9.59 Å². The Bertz CT molecular complexity index is 1170. The van der Waals surface area contributed by atoms with E-state index in [0.29, 0.717) is 53.9 Å². The first-order valence-electron chi connectivity index (χ1n) is 10.3. The Morgan fingerprint density at radius 3 is 2.97 bits per heavy atom. The number of nitrogens with zero attached hydrogens (tertiary/aromatic N) is 1. The number of amides is 1. The second-order valence-electron chi connectivity index (χ2n) is 7.57. The van der Waals surface area contributed by atoms with Gasteiger partial charge in [0.25, 0.3) is 5.56 Å². The minimum Gasteiger partial charge on any atom is -0.497 e. The van der Waals surface area contributed by atoms with Crippen LogP contribution >= 0.6 is 12.2 Å². The van der Waals surface area contributed by atoms with E-state index < -0.39 is 0 Å². The van der Waals surface area contributed by atoms with Crippen LogP contribution in [0.5, 0.6) is 5.75 Å². The number of aromatic nitrogens is 3. The number of carbonyl (C=O) groups is 1. The van der Waals surface area contributed by atoms with Gasteiger partial charge < -0.3 is 24.8 Å². The molecule has 1 unspecified atom stereocenters. The third-order valence-corrected chi connectivity index (χ3v) is 5.85. The van der Waals surface area contributed by atoms with Crippen LogP contribution in [0, 0.1) is 4.77 Å². The number of benzene rings is 1. The number of rotatable bonds is 8. The molecule has 1 fully saturated rings. The molecule has 1 atom stereocenters. The van der Waals surface area contributed by atoms with Crippen LogP contribution in [-0.2, 0) is 16.1 Å². The number of unbranched alkanes of at least 4 members (excludes halogenated alkanes) is 1. The van der Waals surface area contributed by atoms with Gasteiger partial charge in [-0.2, -0.15) is 0 Å². The molecule has 0 spiro atoms. The number of hydrogen-bond donors (Lipinski definition) is 3. The highest BCUT2D eigenvalue weighted by Gasteiger charge is 2.16. The van der Waals surface area contributed by atoms with Gasteiger partial charge in [0, 0.05) is 37.0 Å². The maximum absolute atomic E-state index is 13.0. The fourth-order valence-corrected chi connectivity index (χ4v) is 4.15. The average Bonchev–Trinajstić information content (AvgIpc) is 3.39. The Hall–Kier alpha value is -2.65. The number of aromatic amines is 2. The number of fused-ring (bicyclic) bond motifs is 3. The summed E-state index contributed by atoms with van der Waals surface area (Å²) in [6.45, 7) is 1.82. The molecule has 0 saturated carbocycles. The van der Waals surface area contributed by atoms with Crippen molar-refractivity contribution in [2.45, 2.75) is 44.8 Å². The van der Waals surface area contributed by atoms with E-state index in [1.54, 1.807) is 11.7 Å². The molecule has 160 valence electrons. The minimum absolute atomic E-state index is 0.0167. The topological polar surface area (TPSA) is 101 Å². The molecular weight excluding hydrogens is 404 g/mol. The van der Waals surface area contributed by atoms with Crippen molar-refractivity contribution in [1.82, 2.24) is 19.9 Å². The first-order chi connectivity index (χ1) is 14.6. The maximum atomic E-state index is 13.0. The molecule has 3 aromatic rings. The van der Waals surface area contributed by atoms with Crippen molar-refractivity contribution in [2.75, 3.05) is 20.3 Å². The molecule has 1 amide bonds. The zero-order chi connectivity index (χ0) is 21.1. The van der Waals surface area contributed by atoms with E-state index in [0.717, 1.165) is 30.4 Å². The van der Waals surface area contributed by atoms with E-state index in [1.807, 2.05) is 18.2 Å². The largest absolute Gasteiger partial charge is 0.497 e. The highest BCUT2D eigenvalue weighted by Crippen LogP contribution is 2.25. The van der Waals surface area contributed by atoms with Gasteiger partial charge in [0.1, 0.15) is 11.3 Å². The zero-order valence-electron chi connectivity index (χ0n) is 17.0. The fraction of sp³-hybridized carbons (Fsp3) is 0.476. The molecule has 1 saturated heterocycles. The molecule has 1 aromatic carbocycles.